The Morgan fingerprint density at radius 3 is 2.76 bits per heavy atom. The molecule has 9 heteroatoms. The average molecular weight is 386 g/mol. The zero-order chi connectivity index (χ0) is 18.2. The maximum atomic E-state index is 12.8. The van der Waals surface area contributed by atoms with Crippen molar-refractivity contribution in [3.8, 4) is 0 Å². The second-order valence-electron chi connectivity index (χ2n) is 6.40. The van der Waals surface area contributed by atoms with Gasteiger partial charge in [-0.15, -0.1) is 11.8 Å². The number of alkyl halides is 3. The van der Waals surface area contributed by atoms with Crippen LogP contribution in [0.25, 0.3) is 0 Å². The number of hydrogen-bond donors (Lipinski definition) is 1. The molecule has 0 unspecified atom stereocenters. The van der Waals surface area contributed by atoms with E-state index in [-0.39, 0.29) is 16.4 Å². The van der Waals surface area contributed by atoms with E-state index in [0.29, 0.717) is 12.2 Å². The number of aryl methyl sites for hydroxylation is 1. The van der Waals surface area contributed by atoms with Gasteiger partial charge in [-0.3, -0.25) is 4.98 Å². The number of fused-ring (bicyclic) bond motifs is 1. The molecule has 3 rings (SSSR count). The van der Waals surface area contributed by atoms with Gasteiger partial charge in [0.2, 0.25) is 0 Å². The van der Waals surface area contributed by atoms with E-state index in [1.54, 1.807) is 11.8 Å². The minimum Gasteiger partial charge on any atom is -0.384 e. The van der Waals surface area contributed by atoms with Crippen LogP contribution in [0, 0.1) is 0 Å². The molecule has 0 saturated heterocycles. The number of nitrogens with two attached hydrogens (primary N) is 1. The fraction of sp³-hybridized carbons (Fsp3) is 0.438. The molecule has 134 valence electrons. The van der Waals surface area contributed by atoms with Gasteiger partial charge in [0, 0.05) is 39.8 Å². The van der Waals surface area contributed by atoms with Gasteiger partial charge in [-0.25, -0.2) is 9.97 Å². The molecule has 4 nitrogen and oxygen atoms in total. The Labute approximate surface area is 152 Å². The summed E-state index contributed by atoms with van der Waals surface area (Å²) in [6, 6.07) is 2.84. The van der Waals surface area contributed by atoms with E-state index in [1.807, 2.05) is 6.20 Å². The van der Waals surface area contributed by atoms with Gasteiger partial charge in [0.15, 0.2) is 10.9 Å². The Bertz CT molecular complexity index is 793. The number of aromatic nitrogens is 3. The molecule has 1 aliphatic rings. The lowest BCUT2D eigenvalue weighted by atomic mass is 9.87. The van der Waals surface area contributed by atoms with Gasteiger partial charge in [0.05, 0.1) is 0 Å². The summed E-state index contributed by atoms with van der Waals surface area (Å²) in [5, 5.41) is 0.0318. The van der Waals surface area contributed by atoms with Gasteiger partial charge in [0.25, 0.3) is 0 Å². The van der Waals surface area contributed by atoms with E-state index in [1.165, 1.54) is 10.5 Å². The minimum absolute atomic E-state index is 0.0318. The topological polar surface area (TPSA) is 64.7 Å². The molecule has 0 saturated carbocycles. The van der Waals surface area contributed by atoms with E-state index >= 15 is 0 Å². The van der Waals surface area contributed by atoms with Crippen molar-refractivity contribution in [2.24, 2.45) is 0 Å². The number of nitrogens with zero attached hydrogens (tertiary/aromatic N) is 3. The maximum Gasteiger partial charge on any atom is 0.433 e. The van der Waals surface area contributed by atoms with Crippen molar-refractivity contribution in [3.63, 3.8) is 0 Å². The molecule has 0 aliphatic carbocycles. The molecule has 0 aromatic carbocycles. The predicted octanol–water partition coefficient (Wildman–Crippen LogP) is 4.19. The second kappa shape index (κ2) is 6.68. The van der Waals surface area contributed by atoms with Crippen molar-refractivity contribution in [3.05, 3.63) is 35.3 Å². The van der Waals surface area contributed by atoms with Crippen LogP contribution in [0.2, 0.25) is 0 Å². The van der Waals surface area contributed by atoms with Gasteiger partial charge in [-0.2, -0.15) is 13.2 Å². The lowest BCUT2D eigenvalue weighted by molar-refractivity contribution is -0.141. The number of halogens is 3. The number of hydrogen-bond acceptors (Lipinski definition) is 6. The highest BCUT2D eigenvalue weighted by Gasteiger charge is 2.33. The molecule has 2 N–H and O–H groups in total. The highest BCUT2D eigenvalue weighted by Crippen LogP contribution is 2.43. The first-order valence-electron chi connectivity index (χ1n) is 7.62. The van der Waals surface area contributed by atoms with Crippen molar-refractivity contribution in [2.45, 2.75) is 41.9 Å². The number of anilines is 1. The zero-order valence-corrected chi connectivity index (χ0v) is 15.4. The van der Waals surface area contributed by atoms with Crippen LogP contribution in [-0.2, 0) is 18.0 Å². The monoisotopic (exact) mass is 386 g/mol. The fourth-order valence-corrected chi connectivity index (χ4v) is 4.62. The summed E-state index contributed by atoms with van der Waals surface area (Å²) in [5.74, 6) is 1.37. The maximum absolute atomic E-state index is 12.8. The molecule has 3 heterocycles. The average Bonchev–Trinajstić information content (AvgIpc) is 2.81. The largest absolute Gasteiger partial charge is 0.433 e. The van der Waals surface area contributed by atoms with Crippen LogP contribution < -0.4 is 5.73 Å². The van der Waals surface area contributed by atoms with Crippen molar-refractivity contribution in [2.75, 3.05) is 17.2 Å². The summed E-state index contributed by atoms with van der Waals surface area (Å²) in [4.78, 5) is 13.1. The third kappa shape index (κ3) is 4.20. The molecule has 25 heavy (non-hydrogen) atoms. The first-order valence-corrected chi connectivity index (χ1v) is 9.59. The SMILES string of the molecule is CC1(C)CSc2cnc(CCSc3nc(N)cc(C(F)(F)F)n3)cc21. The molecule has 1 aliphatic heterocycles. The Balaban J connectivity index is 1.67. The third-order valence-electron chi connectivity index (χ3n) is 3.85. The molecule has 0 radical (unpaired) electrons. The van der Waals surface area contributed by atoms with Crippen molar-refractivity contribution < 1.29 is 13.2 Å². The fourth-order valence-electron chi connectivity index (χ4n) is 2.50. The van der Waals surface area contributed by atoms with Crippen molar-refractivity contribution in [1.29, 1.82) is 0 Å². The van der Waals surface area contributed by atoms with Gasteiger partial charge in [0.1, 0.15) is 5.82 Å². The summed E-state index contributed by atoms with van der Waals surface area (Å²) in [7, 11) is 0. The molecule has 2 aromatic heterocycles. The van der Waals surface area contributed by atoms with Crippen LogP contribution in [-0.4, -0.2) is 26.5 Å². The summed E-state index contributed by atoms with van der Waals surface area (Å²) in [6.45, 7) is 4.40. The lowest BCUT2D eigenvalue weighted by Crippen LogP contribution is -2.16. The molecule has 0 atom stereocenters. The minimum atomic E-state index is -4.53. The Morgan fingerprint density at radius 1 is 1.28 bits per heavy atom. The van der Waals surface area contributed by atoms with E-state index in [4.69, 9.17) is 5.73 Å². The molecule has 0 fully saturated rings. The van der Waals surface area contributed by atoms with E-state index < -0.39 is 11.9 Å². The van der Waals surface area contributed by atoms with Crippen molar-refractivity contribution in [1.82, 2.24) is 15.0 Å². The molecule has 0 amide bonds. The van der Waals surface area contributed by atoms with E-state index in [2.05, 4.69) is 34.9 Å². The summed E-state index contributed by atoms with van der Waals surface area (Å²) in [6.07, 6.45) is -2.02. The smallest absolute Gasteiger partial charge is 0.384 e. The Hall–Kier alpha value is -1.48. The number of rotatable bonds is 4. The summed E-state index contributed by atoms with van der Waals surface area (Å²) in [5.41, 5.74) is 6.75. The Morgan fingerprint density at radius 2 is 2.04 bits per heavy atom. The number of pyridine rings is 1. The van der Waals surface area contributed by atoms with Crippen LogP contribution in [0.5, 0.6) is 0 Å². The molecular weight excluding hydrogens is 369 g/mol. The quantitative estimate of drug-likeness (QED) is 0.628. The van der Waals surface area contributed by atoms with Gasteiger partial charge >= 0.3 is 6.18 Å². The normalized spacial score (nSPS) is 16.0. The number of nitrogen functional groups attached to an aromatic ring is 1. The van der Waals surface area contributed by atoms with Crippen LogP contribution in [0.4, 0.5) is 19.0 Å². The van der Waals surface area contributed by atoms with Crippen LogP contribution in [0.15, 0.2) is 28.4 Å². The standard InChI is InChI=1S/C16H17F3N4S2/c1-15(2)8-25-11-7-21-9(5-10(11)15)3-4-24-14-22-12(16(17,18)19)6-13(20)23-14/h5-7H,3-4,8H2,1-2H3,(H2,20,22,23). The summed E-state index contributed by atoms with van der Waals surface area (Å²) < 4.78 is 38.3. The highest BCUT2D eigenvalue weighted by molar-refractivity contribution is 7.99. The molecule has 0 spiro atoms. The van der Waals surface area contributed by atoms with E-state index in [0.717, 1.165) is 29.3 Å². The van der Waals surface area contributed by atoms with Crippen LogP contribution >= 0.6 is 23.5 Å². The first kappa shape index (κ1) is 18.3. The molecule has 0 bridgehead atoms. The van der Waals surface area contributed by atoms with E-state index in [9.17, 15) is 13.2 Å². The third-order valence-corrected chi connectivity index (χ3v) is 6.20. The molecule has 2 aromatic rings. The van der Waals surface area contributed by atoms with Crippen LogP contribution in [0.1, 0.15) is 30.8 Å². The van der Waals surface area contributed by atoms with Gasteiger partial charge in [-0.05, 0) is 18.1 Å². The van der Waals surface area contributed by atoms with Gasteiger partial charge in [-0.1, -0.05) is 25.6 Å². The van der Waals surface area contributed by atoms with Crippen molar-refractivity contribution >= 4 is 29.3 Å². The predicted molar refractivity (Wildman–Crippen MR) is 93.9 cm³/mol. The summed E-state index contributed by atoms with van der Waals surface area (Å²) >= 11 is 2.95. The highest BCUT2D eigenvalue weighted by atomic mass is 32.2. The first-order chi connectivity index (χ1) is 11.6. The van der Waals surface area contributed by atoms with Crippen LogP contribution in [0.3, 0.4) is 0 Å². The zero-order valence-electron chi connectivity index (χ0n) is 13.7. The Kier molecular flexibility index (Phi) is 4.89. The molecular formula is C16H17F3N4S2. The van der Waals surface area contributed by atoms with Gasteiger partial charge < -0.3 is 5.73 Å². The lowest BCUT2D eigenvalue weighted by Gasteiger charge is -2.18. The number of thioether (sulfide) groups is 2. The second-order valence-corrected chi connectivity index (χ2v) is 8.48.